The van der Waals surface area contributed by atoms with Gasteiger partial charge in [-0.05, 0) is 6.92 Å². The van der Waals surface area contributed by atoms with Gasteiger partial charge in [-0.25, -0.2) is 9.36 Å². The number of hydrogen-bond acceptors (Lipinski definition) is 5. The summed E-state index contributed by atoms with van der Waals surface area (Å²) in [4.78, 5) is 40.7. The number of carbonyl (C=O) groups excluding carboxylic acids is 1. The molecular formula is C13H15N5O4. The number of methoxy groups -OCH3 is 1. The van der Waals surface area contributed by atoms with E-state index in [0.29, 0.717) is 5.78 Å². The Bertz CT molecular complexity index is 1030. The second-order valence-electron chi connectivity index (χ2n) is 5.09. The lowest BCUT2D eigenvalue weighted by atomic mass is 10.4. The number of rotatable bonds is 2. The smallest absolute Gasteiger partial charge is 0.333 e. The molecule has 0 bridgehead atoms. The van der Waals surface area contributed by atoms with Crippen molar-refractivity contribution in [2.24, 2.45) is 14.1 Å². The summed E-state index contributed by atoms with van der Waals surface area (Å²) in [5.74, 6) is -0.112. The van der Waals surface area contributed by atoms with E-state index in [4.69, 9.17) is 0 Å². The molecule has 0 aromatic carbocycles. The van der Waals surface area contributed by atoms with Crippen LogP contribution >= 0.6 is 0 Å². The standard InChI is InChI=1S/C13H15N5O4/c1-7-5-17-9-10(14-12(17)15(7)2)16(3)13(21)18(11(9)20)6-8(19)22-4/h5H,6H2,1-4H3. The summed E-state index contributed by atoms with van der Waals surface area (Å²) < 4.78 is 10.1. The fourth-order valence-corrected chi connectivity index (χ4v) is 2.45. The highest BCUT2D eigenvalue weighted by Crippen LogP contribution is 2.14. The molecule has 0 spiro atoms. The van der Waals surface area contributed by atoms with Crippen molar-refractivity contribution in [3.63, 3.8) is 0 Å². The van der Waals surface area contributed by atoms with Gasteiger partial charge in [0.1, 0.15) is 6.54 Å². The van der Waals surface area contributed by atoms with Crippen molar-refractivity contribution < 1.29 is 9.53 Å². The van der Waals surface area contributed by atoms with Gasteiger partial charge >= 0.3 is 11.7 Å². The average Bonchev–Trinajstić information content (AvgIpc) is 2.99. The summed E-state index contributed by atoms with van der Waals surface area (Å²) in [6.07, 6.45) is 1.76. The van der Waals surface area contributed by atoms with Gasteiger partial charge in [0.05, 0.1) is 7.11 Å². The summed E-state index contributed by atoms with van der Waals surface area (Å²) in [6, 6.07) is 0. The first kappa shape index (κ1) is 14.1. The highest BCUT2D eigenvalue weighted by Gasteiger charge is 2.20. The van der Waals surface area contributed by atoms with Crippen molar-refractivity contribution in [1.29, 1.82) is 0 Å². The van der Waals surface area contributed by atoms with E-state index in [1.807, 2.05) is 18.5 Å². The summed E-state index contributed by atoms with van der Waals surface area (Å²) in [5.41, 5.74) is 0.271. The molecule has 22 heavy (non-hydrogen) atoms. The zero-order valence-electron chi connectivity index (χ0n) is 12.7. The van der Waals surface area contributed by atoms with E-state index >= 15 is 0 Å². The minimum atomic E-state index is -0.663. The van der Waals surface area contributed by atoms with Gasteiger partial charge in [0.2, 0.25) is 5.78 Å². The lowest BCUT2D eigenvalue weighted by Gasteiger charge is -2.06. The summed E-state index contributed by atoms with van der Waals surface area (Å²) >= 11 is 0. The van der Waals surface area contributed by atoms with Crippen molar-refractivity contribution in [2.75, 3.05) is 7.11 Å². The number of esters is 1. The molecule has 0 aliphatic carbocycles. The Balaban J connectivity index is 2.47. The summed E-state index contributed by atoms with van der Waals surface area (Å²) in [6.45, 7) is 1.45. The van der Waals surface area contributed by atoms with Gasteiger partial charge < -0.3 is 9.30 Å². The molecule has 116 valence electrons. The minimum Gasteiger partial charge on any atom is -0.468 e. The Morgan fingerprint density at radius 1 is 1.27 bits per heavy atom. The molecule has 3 aromatic heterocycles. The number of fused-ring (bicyclic) bond motifs is 3. The molecule has 0 N–H and O–H groups in total. The third kappa shape index (κ3) is 1.71. The molecule has 3 heterocycles. The highest BCUT2D eigenvalue weighted by molar-refractivity contribution is 5.76. The molecule has 0 atom stereocenters. The largest absolute Gasteiger partial charge is 0.468 e. The third-order valence-corrected chi connectivity index (χ3v) is 3.82. The highest BCUT2D eigenvalue weighted by atomic mass is 16.5. The van der Waals surface area contributed by atoms with Crippen LogP contribution in [0.5, 0.6) is 0 Å². The number of ether oxygens (including phenoxy) is 1. The van der Waals surface area contributed by atoms with Crippen LogP contribution in [0.2, 0.25) is 0 Å². The van der Waals surface area contributed by atoms with Crippen LogP contribution in [0, 0.1) is 6.92 Å². The lowest BCUT2D eigenvalue weighted by Crippen LogP contribution is -2.41. The zero-order valence-corrected chi connectivity index (χ0v) is 12.7. The molecule has 9 heteroatoms. The molecular weight excluding hydrogens is 290 g/mol. The molecule has 0 fully saturated rings. The van der Waals surface area contributed by atoms with Gasteiger partial charge in [-0.3, -0.25) is 18.6 Å². The van der Waals surface area contributed by atoms with Crippen LogP contribution in [-0.2, 0) is 30.2 Å². The predicted molar refractivity (Wildman–Crippen MR) is 77.9 cm³/mol. The molecule has 9 nitrogen and oxygen atoms in total. The Kier molecular flexibility index (Phi) is 2.94. The molecule has 0 radical (unpaired) electrons. The van der Waals surface area contributed by atoms with E-state index in [2.05, 4.69) is 9.72 Å². The topological polar surface area (TPSA) is 92.5 Å². The second kappa shape index (κ2) is 4.58. The van der Waals surface area contributed by atoms with E-state index in [1.54, 1.807) is 10.6 Å². The normalized spacial score (nSPS) is 11.5. The van der Waals surface area contributed by atoms with Gasteiger partial charge in [0.25, 0.3) is 5.56 Å². The summed E-state index contributed by atoms with van der Waals surface area (Å²) in [5, 5.41) is 0. The monoisotopic (exact) mass is 305 g/mol. The van der Waals surface area contributed by atoms with E-state index in [9.17, 15) is 14.4 Å². The van der Waals surface area contributed by atoms with Crippen molar-refractivity contribution >= 4 is 22.9 Å². The SMILES string of the molecule is COC(=O)Cn1c(=O)c2c(nc3n(C)c(C)cn23)n(C)c1=O. The van der Waals surface area contributed by atoms with Crippen molar-refractivity contribution in [3.8, 4) is 0 Å². The predicted octanol–water partition coefficient (Wildman–Crippen LogP) is -0.832. The van der Waals surface area contributed by atoms with Gasteiger partial charge in [0, 0.05) is 26.0 Å². The van der Waals surface area contributed by atoms with Gasteiger partial charge in [-0.2, -0.15) is 4.98 Å². The zero-order chi connectivity index (χ0) is 16.2. The number of aryl methyl sites for hydroxylation is 3. The molecule has 0 saturated carbocycles. The van der Waals surface area contributed by atoms with Crippen molar-refractivity contribution in [3.05, 3.63) is 32.7 Å². The van der Waals surface area contributed by atoms with E-state index < -0.39 is 23.8 Å². The average molecular weight is 305 g/mol. The molecule has 0 amide bonds. The van der Waals surface area contributed by atoms with Crippen LogP contribution in [0.15, 0.2) is 15.8 Å². The summed E-state index contributed by atoms with van der Waals surface area (Å²) in [7, 11) is 4.53. The van der Waals surface area contributed by atoms with E-state index in [0.717, 1.165) is 10.3 Å². The van der Waals surface area contributed by atoms with Crippen LogP contribution in [0.25, 0.3) is 16.9 Å². The molecule has 0 aliphatic heterocycles. The first-order valence-electron chi connectivity index (χ1n) is 6.57. The molecule has 3 aromatic rings. The van der Waals surface area contributed by atoms with E-state index in [-0.39, 0.29) is 11.2 Å². The Labute approximate surface area is 124 Å². The quantitative estimate of drug-likeness (QED) is 0.576. The number of imidazole rings is 2. The fourth-order valence-electron chi connectivity index (χ4n) is 2.45. The first-order valence-corrected chi connectivity index (χ1v) is 6.57. The third-order valence-electron chi connectivity index (χ3n) is 3.82. The van der Waals surface area contributed by atoms with Crippen LogP contribution < -0.4 is 11.2 Å². The van der Waals surface area contributed by atoms with Crippen LogP contribution in [0.4, 0.5) is 0 Å². The maximum absolute atomic E-state index is 12.6. The Morgan fingerprint density at radius 2 is 1.95 bits per heavy atom. The molecule has 0 unspecified atom stereocenters. The van der Waals surface area contributed by atoms with Gasteiger partial charge in [-0.15, -0.1) is 0 Å². The Hall–Kier alpha value is -2.84. The van der Waals surface area contributed by atoms with Gasteiger partial charge in [-0.1, -0.05) is 0 Å². The van der Waals surface area contributed by atoms with E-state index in [1.165, 1.54) is 18.7 Å². The minimum absolute atomic E-state index is 0.254. The second-order valence-corrected chi connectivity index (χ2v) is 5.09. The van der Waals surface area contributed by atoms with Crippen molar-refractivity contribution in [1.82, 2.24) is 23.1 Å². The Morgan fingerprint density at radius 3 is 2.59 bits per heavy atom. The number of hydrogen-bond donors (Lipinski definition) is 0. The van der Waals surface area contributed by atoms with Gasteiger partial charge in [0.15, 0.2) is 11.2 Å². The maximum Gasteiger partial charge on any atom is 0.333 e. The number of carbonyl (C=O) groups is 1. The molecule has 0 aliphatic rings. The lowest BCUT2D eigenvalue weighted by molar-refractivity contribution is -0.141. The number of aromatic nitrogens is 5. The van der Waals surface area contributed by atoms with Crippen LogP contribution in [-0.4, -0.2) is 36.2 Å². The first-order chi connectivity index (χ1) is 10.4. The number of nitrogens with zero attached hydrogens (tertiary/aromatic N) is 5. The molecule has 0 saturated heterocycles. The maximum atomic E-state index is 12.6. The van der Waals surface area contributed by atoms with Crippen LogP contribution in [0.3, 0.4) is 0 Å². The molecule has 3 rings (SSSR count). The van der Waals surface area contributed by atoms with Crippen molar-refractivity contribution in [2.45, 2.75) is 13.5 Å². The fraction of sp³-hybridized carbons (Fsp3) is 0.385. The van der Waals surface area contributed by atoms with Crippen LogP contribution in [0.1, 0.15) is 5.69 Å².